The Labute approximate surface area is 341 Å². The predicted octanol–water partition coefficient (Wildman–Crippen LogP) is 6.58. The van der Waals surface area contributed by atoms with Gasteiger partial charge in [0.25, 0.3) is 0 Å². The number of carbonyl (C=O) groups is 2. The van der Waals surface area contributed by atoms with Crippen molar-refractivity contribution in [1.29, 1.82) is 0 Å². The Morgan fingerprint density at radius 1 is 1.00 bits per heavy atom. The number of carbonyl (C=O) groups excluding carboxylic acids is 2. The van der Waals surface area contributed by atoms with Gasteiger partial charge in [-0.2, -0.15) is 0 Å². The van der Waals surface area contributed by atoms with Crippen molar-refractivity contribution in [2.45, 2.75) is 116 Å². The molecule has 3 fully saturated rings. The molecule has 2 aromatic rings. The Bertz CT molecular complexity index is 1820. The summed E-state index contributed by atoms with van der Waals surface area (Å²) in [5.41, 5.74) is 0.886. The van der Waals surface area contributed by atoms with E-state index in [4.69, 9.17) is 19.3 Å². The van der Waals surface area contributed by atoms with E-state index in [0.717, 1.165) is 30.6 Å². The molecule has 0 unspecified atom stereocenters. The van der Waals surface area contributed by atoms with E-state index in [0.29, 0.717) is 49.7 Å². The lowest BCUT2D eigenvalue weighted by molar-refractivity contribution is -0.135. The molecule has 6 rings (SSSR count). The molecular weight excluding hydrogens is 752 g/mol. The first-order valence-electron chi connectivity index (χ1n) is 20.0. The zero-order valence-electron chi connectivity index (χ0n) is 34.5. The first-order chi connectivity index (χ1) is 25.9. The molecule has 312 valence electrons. The van der Waals surface area contributed by atoms with Crippen LogP contribution in [0.4, 0.5) is 0 Å². The standard InChI is InChI=1S/C23H36N2O2.C20H28N2O5S.ClH/c1-21(2,3)25-20(27)17-8-7-15-14-6-9-18-23(5,13-11-19(26)24-18)16(14)10-12-22(15,17)4;1-4-26-17-7-5-6-8-18(17)27-12-11-22-15(2)13-16-9-10-19(25-3)20(14-16)28(21,23)24;/h11,13-18H,6-10,12H2,1-5H3,(H,24,26)(H,25,27);5-10,14-15,22H,4,11-13H2,1-3H3,(H2,21,23,24);1H/t14-,15-,16-,17+,18+,22-,23+;15-;/m01./s1. The van der Waals surface area contributed by atoms with Gasteiger partial charge in [0.05, 0.1) is 13.7 Å². The maximum atomic E-state index is 13.0. The first kappa shape index (κ1) is 45.4. The van der Waals surface area contributed by atoms with Crippen LogP contribution in [0.25, 0.3) is 0 Å². The number of hydrogen-bond donors (Lipinski definition) is 4. The summed E-state index contributed by atoms with van der Waals surface area (Å²) in [5.74, 6) is 4.09. The number of halogens is 1. The largest absolute Gasteiger partial charge is 0.495 e. The monoisotopic (exact) mass is 816 g/mol. The van der Waals surface area contributed by atoms with Gasteiger partial charge in [-0.25, -0.2) is 13.6 Å². The van der Waals surface area contributed by atoms with Crippen molar-refractivity contribution in [3.63, 3.8) is 0 Å². The minimum absolute atomic E-state index is 0. The summed E-state index contributed by atoms with van der Waals surface area (Å²) in [6.45, 7) is 16.6. The van der Waals surface area contributed by atoms with Crippen LogP contribution in [0.5, 0.6) is 17.2 Å². The molecule has 11 nitrogen and oxygen atoms in total. The summed E-state index contributed by atoms with van der Waals surface area (Å²) >= 11 is 0. The number of fused-ring (bicyclic) bond motifs is 5. The van der Waals surface area contributed by atoms with Crippen molar-refractivity contribution >= 4 is 34.2 Å². The quantitative estimate of drug-likeness (QED) is 0.175. The summed E-state index contributed by atoms with van der Waals surface area (Å²) < 4.78 is 39.9. The van der Waals surface area contributed by atoms with E-state index < -0.39 is 10.0 Å². The van der Waals surface area contributed by atoms with Crippen LogP contribution in [-0.4, -0.2) is 64.7 Å². The smallest absolute Gasteiger partial charge is 0.243 e. The molecule has 3 aliphatic carbocycles. The van der Waals surface area contributed by atoms with Gasteiger partial charge in [0.15, 0.2) is 11.5 Å². The maximum absolute atomic E-state index is 13.0. The van der Waals surface area contributed by atoms with Gasteiger partial charge in [-0.15, -0.1) is 12.4 Å². The van der Waals surface area contributed by atoms with E-state index >= 15 is 0 Å². The molecular formula is C43H65ClN4O7S. The normalized spacial score (nSPS) is 28.4. The van der Waals surface area contributed by atoms with Crippen LogP contribution < -0.4 is 35.3 Å². The van der Waals surface area contributed by atoms with Gasteiger partial charge in [0.1, 0.15) is 17.3 Å². The molecule has 1 aliphatic heterocycles. The lowest BCUT2D eigenvalue weighted by Crippen LogP contribution is -2.59. The highest BCUT2D eigenvalue weighted by molar-refractivity contribution is 7.89. The zero-order chi connectivity index (χ0) is 40.2. The zero-order valence-corrected chi connectivity index (χ0v) is 36.1. The first-order valence-corrected chi connectivity index (χ1v) is 21.5. The van der Waals surface area contributed by atoms with E-state index in [1.807, 2.05) is 44.2 Å². The van der Waals surface area contributed by atoms with Crippen LogP contribution >= 0.6 is 12.4 Å². The van der Waals surface area contributed by atoms with Crippen LogP contribution in [0.2, 0.25) is 0 Å². The average Bonchev–Trinajstić information content (AvgIpc) is 3.48. The number of hydrogen-bond acceptors (Lipinski definition) is 8. The molecule has 2 amide bonds. The van der Waals surface area contributed by atoms with Crippen LogP contribution in [0.15, 0.2) is 59.5 Å². The minimum atomic E-state index is -3.84. The molecule has 56 heavy (non-hydrogen) atoms. The van der Waals surface area contributed by atoms with Gasteiger partial charge in [0, 0.05) is 35.5 Å². The highest BCUT2D eigenvalue weighted by Gasteiger charge is 2.61. The number of ether oxygens (including phenoxy) is 3. The SMILES string of the molecule is CC(C)(C)NC(=O)[C@H]1CC[C@H]2[C@@H]3CC[C@H]4NC(=O)C=C[C@]4(C)[C@H]3CC[C@]12C.CCOc1ccccc1OCCN[C@H](C)Cc1ccc(OC)c(S(N)(=O)=O)c1.Cl. The van der Waals surface area contributed by atoms with Crippen LogP contribution in [0.1, 0.15) is 92.6 Å². The molecule has 1 heterocycles. The number of primary sulfonamides is 1. The van der Waals surface area contributed by atoms with E-state index in [2.05, 4.69) is 56.6 Å². The summed E-state index contributed by atoms with van der Waals surface area (Å²) in [6, 6.07) is 13.0. The maximum Gasteiger partial charge on any atom is 0.243 e. The second-order valence-electron chi connectivity index (χ2n) is 17.4. The molecule has 8 atom stereocenters. The van der Waals surface area contributed by atoms with Crippen LogP contribution in [-0.2, 0) is 26.0 Å². The van der Waals surface area contributed by atoms with Gasteiger partial charge >= 0.3 is 0 Å². The van der Waals surface area contributed by atoms with Gasteiger partial charge in [-0.05, 0) is 139 Å². The third kappa shape index (κ3) is 10.4. The number of rotatable bonds is 12. The number of nitrogens with one attached hydrogen (secondary N) is 3. The number of sulfonamides is 1. The molecule has 0 aromatic heterocycles. The van der Waals surface area contributed by atoms with Crippen LogP contribution in [0, 0.1) is 34.5 Å². The van der Waals surface area contributed by atoms with Crippen molar-refractivity contribution in [1.82, 2.24) is 16.0 Å². The Hall–Kier alpha value is -3.32. The second-order valence-corrected chi connectivity index (χ2v) is 19.0. The number of methoxy groups -OCH3 is 1. The van der Waals surface area contributed by atoms with Crippen LogP contribution in [0.3, 0.4) is 0 Å². The lowest BCUT2D eigenvalue weighted by atomic mass is 9.48. The van der Waals surface area contributed by atoms with E-state index in [1.165, 1.54) is 26.4 Å². The Kier molecular flexibility index (Phi) is 15.0. The average molecular weight is 818 g/mol. The van der Waals surface area contributed by atoms with Crippen molar-refractivity contribution in [2.24, 2.45) is 39.6 Å². The molecule has 2 aromatic carbocycles. The summed E-state index contributed by atoms with van der Waals surface area (Å²) in [6.07, 6.45) is 11.4. The summed E-state index contributed by atoms with van der Waals surface area (Å²) in [5, 5.41) is 15.1. The highest BCUT2D eigenvalue weighted by Crippen LogP contribution is 2.65. The number of nitrogens with two attached hydrogens (primary N) is 1. The fraction of sp³-hybridized carbons (Fsp3) is 0.628. The van der Waals surface area contributed by atoms with Crippen molar-refractivity contribution in [3.8, 4) is 17.2 Å². The Balaban J connectivity index is 0.000000244. The third-order valence-corrected chi connectivity index (χ3v) is 13.5. The van der Waals surface area contributed by atoms with Gasteiger partial charge in [-0.3, -0.25) is 9.59 Å². The molecule has 5 N–H and O–H groups in total. The molecule has 4 aliphatic rings. The van der Waals surface area contributed by atoms with Gasteiger partial charge in [0.2, 0.25) is 21.8 Å². The Morgan fingerprint density at radius 2 is 1.70 bits per heavy atom. The van der Waals surface area contributed by atoms with Crippen molar-refractivity contribution in [2.75, 3.05) is 26.9 Å². The molecule has 3 saturated carbocycles. The Morgan fingerprint density at radius 3 is 2.34 bits per heavy atom. The fourth-order valence-corrected chi connectivity index (χ4v) is 10.8. The highest BCUT2D eigenvalue weighted by atomic mass is 35.5. The molecule has 13 heteroatoms. The van der Waals surface area contributed by atoms with E-state index in [-0.39, 0.29) is 69.2 Å². The summed E-state index contributed by atoms with van der Waals surface area (Å²) in [7, 11) is -2.43. The molecule has 0 saturated heterocycles. The molecule has 0 radical (unpaired) electrons. The van der Waals surface area contributed by atoms with Crippen molar-refractivity contribution in [3.05, 3.63) is 60.2 Å². The number of para-hydroxylation sites is 2. The number of amides is 2. The van der Waals surface area contributed by atoms with Gasteiger partial charge in [-0.1, -0.05) is 38.1 Å². The predicted molar refractivity (Wildman–Crippen MR) is 223 cm³/mol. The molecule has 0 spiro atoms. The fourth-order valence-electron chi connectivity index (χ4n) is 10.0. The number of benzene rings is 2. The van der Waals surface area contributed by atoms with Gasteiger partial charge < -0.3 is 30.2 Å². The topological polar surface area (TPSA) is 158 Å². The summed E-state index contributed by atoms with van der Waals surface area (Å²) in [4.78, 5) is 24.9. The van der Waals surface area contributed by atoms with E-state index in [1.54, 1.807) is 18.2 Å². The second kappa shape index (κ2) is 18.5. The van der Waals surface area contributed by atoms with E-state index in [9.17, 15) is 18.0 Å². The molecule has 0 bridgehead atoms. The lowest BCUT2D eigenvalue weighted by Gasteiger charge is -2.58. The minimum Gasteiger partial charge on any atom is -0.495 e. The van der Waals surface area contributed by atoms with Crippen molar-refractivity contribution < 1.29 is 32.2 Å². The third-order valence-electron chi connectivity index (χ3n) is 12.6.